The predicted octanol–water partition coefficient (Wildman–Crippen LogP) is -0.0540. The van der Waals surface area contributed by atoms with Gasteiger partial charge < -0.3 is 11.1 Å². The fourth-order valence-corrected chi connectivity index (χ4v) is 1.87. The van der Waals surface area contributed by atoms with Gasteiger partial charge in [-0.3, -0.25) is 4.79 Å². The zero-order valence-corrected chi connectivity index (χ0v) is 6.79. The summed E-state index contributed by atoms with van der Waals surface area (Å²) >= 11 is 0. The number of hydrogen-bond acceptors (Lipinski definition) is 2. The molecule has 1 aliphatic carbocycles. The summed E-state index contributed by atoms with van der Waals surface area (Å²) in [6.07, 6.45) is 6.71. The van der Waals surface area contributed by atoms with Crippen molar-refractivity contribution >= 4 is 5.91 Å². The van der Waals surface area contributed by atoms with Crippen molar-refractivity contribution < 1.29 is 4.79 Å². The van der Waals surface area contributed by atoms with Crippen LogP contribution in [-0.4, -0.2) is 18.5 Å². The second kappa shape index (κ2) is 2.75. The fraction of sp³-hybridized carbons (Fsp3) is 0.444. The third-order valence-corrected chi connectivity index (χ3v) is 2.45. The van der Waals surface area contributed by atoms with Gasteiger partial charge in [-0.15, -0.1) is 0 Å². The normalized spacial score (nSPS) is 31.8. The zero-order chi connectivity index (χ0) is 8.55. The maximum atomic E-state index is 10.7. The summed E-state index contributed by atoms with van der Waals surface area (Å²) in [5.74, 6) is 0.273. The second-order valence-corrected chi connectivity index (χ2v) is 3.29. The molecule has 3 N–H and O–H groups in total. The molecule has 0 spiro atoms. The van der Waals surface area contributed by atoms with Crippen LogP contribution >= 0.6 is 0 Å². The van der Waals surface area contributed by atoms with Gasteiger partial charge >= 0.3 is 0 Å². The van der Waals surface area contributed by atoms with E-state index in [0.29, 0.717) is 12.3 Å². The van der Waals surface area contributed by atoms with E-state index in [0.717, 1.165) is 6.54 Å². The minimum Gasteiger partial charge on any atom is -0.370 e. The highest BCUT2D eigenvalue weighted by atomic mass is 16.1. The molecule has 0 aromatic heterocycles. The van der Waals surface area contributed by atoms with Crippen molar-refractivity contribution in [2.45, 2.75) is 12.5 Å². The summed E-state index contributed by atoms with van der Waals surface area (Å²) in [6, 6.07) is 0.183. The van der Waals surface area contributed by atoms with Gasteiger partial charge in [0, 0.05) is 24.9 Å². The molecule has 2 unspecified atom stereocenters. The first kappa shape index (κ1) is 7.55. The number of hydrogen-bond donors (Lipinski definition) is 2. The number of rotatable bonds is 2. The summed E-state index contributed by atoms with van der Waals surface area (Å²) < 4.78 is 0. The van der Waals surface area contributed by atoms with Crippen molar-refractivity contribution in [3.63, 3.8) is 0 Å². The van der Waals surface area contributed by atoms with Crippen LogP contribution < -0.4 is 11.1 Å². The number of carbonyl (C=O) groups excluding carboxylic acids is 1. The van der Waals surface area contributed by atoms with Crippen LogP contribution in [0.25, 0.3) is 0 Å². The Hall–Kier alpha value is -1.09. The number of allylic oxidation sites excluding steroid dienone is 2. The molecule has 0 bridgehead atoms. The zero-order valence-electron chi connectivity index (χ0n) is 6.79. The van der Waals surface area contributed by atoms with Gasteiger partial charge in [0.05, 0.1) is 0 Å². The van der Waals surface area contributed by atoms with E-state index in [4.69, 9.17) is 5.73 Å². The molecule has 1 saturated heterocycles. The van der Waals surface area contributed by atoms with Crippen LogP contribution in [0.15, 0.2) is 23.8 Å². The van der Waals surface area contributed by atoms with Crippen molar-refractivity contribution in [1.29, 1.82) is 0 Å². The van der Waals surface area contributed by atoms with E-state index < -0.39 is 0 Å². The Morgan fingerprint density at radius 3 is 3.33 bits per heavy atom. The standard InChI is InChI=1S/C9H12N2O/c10-9(12)4-8-7-3-1-2-6(7)5-11-8/h1-3,6,8,11H,4-5H2,(H2,10,12). The van der Waals surface area contributed by atoms with Gasteiger partial charge in [-0.25, -0.2) is 0 Å². The van der Waals surface area contributed by atoms with Crippen molar-refractivity contribution in [3.8, 4) is 0 Å². The molecule has 64 valence electrons. The van der Waals surface area contributed by atoms with E-state index >= 15 is 0 Å². The van der Waals surface area contributed by atoms with Crippen LogP contribution in [0.5, 0.6) is 0 Å². The molecular weight excluding hydrogens is 152 g/mol. The van der Waals surface area contributed by atoms with Gasteiger partial charge in [0.25, 0.3) is 0 Å². The Labute approximate surface area is 71.3 Å². The van der Waals surface area contributed by atoms with Gasteiger partial charge in [-0.1, -0.05) is 18.2 Å². The average Bonchev–Trinajstić information content (AvgIpc) is 2.52. The molecule has 2 aliphatic rings. The van der Waals surface area contributed by atoms with E-state index in [2.05, 4.69) is 23.5 Å². The predicted molar refractivity (Wildman–Crippen MR) is 46.3 cm³/mol. The number of carbonyl (C=O) groups is 1. The van der Waals surface area contributed by atoms with Crippen LogP contribution in [0, 0.1) is 5.92 Å². The third-order valence-electron chi connectivity index (χ3n) is 2.45. The first-order chi connectivity index (χ1) is 5.77. The highest BCUT2D eigenvalue weighted by molar-refractivity contribution is 5.75. The molecule has 0 saturated carbocycles. The molecular formula is C9H12N2O. The lowest BCUT2D eigenvalue weighted by Gasteiger charge is -2.09. The summed E-state index contributed by atoms with van der Waals surface area (Å²) in [4.78, 5) is 10.7. The summed E-state index contributed by atoms with van der Waals surface area (Å²) in [5, 5.41) is 3.27. The molecule has 0 aromatic carbocycles. The van der Waals surface area contributed by atoms with Crippen molar-refractivity contribution in [3.05, 3.63) is 23.8 Å². The molecule has 2 rings (SSSR count). The average molecular weight is 164 g/mol. The van der Waals surface area contributed by atoms with Gasteiger partial charge in [0.2, 0.25) is 5.91 Å². The Bertz CT molecular complexity index is 268. The molecule has 2 atom stereocenters. The van der Waals surface area contributed by atoms with Gasteiger partial charge in [-0.2, -0.15) is 0 Å². The number of amides is 1. The molecule has 1 heterocycles. The summed E-state index contributed by atoms with van der Waals surface area (Å²) in [7, 11) is 0. The highest BCUT2D eigenvalue weighted by Crippen LogP contribution is 2.28. The van der Waals surface area contributed by atoms with E-state index in [1.165, 1.54) is 5.57 Å². The Kier molecular flexibility index (Phi) is 1.73. The second-order valence-electron chi connectivity index (χ2n) is 3.29. The molecule has 1 aliphatic heterocycles. The number of nitrogens with two attached hydrogens (primary N) is 1. The minimum atomic E-state index is -0.235. The Morgan fingerprint density at radius 2 is 2.58 bits per heavy atom. The molecule has 0 radical (unpaired) electrons. The highest BCUT2D eigenvalue weighted by Gasteiger charge is 2.30. The lowest BCUT2D eigenvalue weighted by atomic mass is 10.00. The van der Waals surface area contributed by atoms with Crippen LogP contribution in [0.3, 0.4) is 0 Å². The minimum absolute atomic E-state index is 0.183. The third kappa shape index (κ3) is 1.16. The van der Waals surface area contributed by atoms with Crippen molar-refractivity contribution in [2.24, 2.45) is 11.7 Å². The number of nitrogens with one attached hydrogen (secondary N) is 1. The van der Waals surface area contributed by atoms with Crippen LogP contribution in [0.2, 0.25) is 0 Å². The molecule has 1 amide bonds. The van der Waals surface area contributed by atoms with Crippen molar-refractivity contribution in [1.82, 2.24) is 5.32 Å². The maximum absolute atomic E-state index is 10.7. The quantitative estimate of drug-likeness (QED) is 0.601. The van der Waals surface area contributed by atoms with Crippen LogP contribution in [0.4, 0.5) is 0 Å². The van der Waals surface area contributed by atoms with E-state index in [9.17, 15) is 4.79 Å². The summed E-state index contributed by atoms with van der Waals surface area (Å²) in [6.45, 7) is 0.945. The van der Waals surface area contributed by atoms with E-state index in [1.54, 1.807) is 0 Å². The van der Waals surface area contributed by atoms with Crippen LogP contribution in [-0.2, 0) is 4.79 Å². The van der Waals surface area contributed by atoms with Crippen molar-refractivity contribution in [2.75, 3.05) is 6.54 Å². The largest absolute Gasteiger partial charge is 0.370 e. The molecule has 3 heteroatoms. The molecule has 12 heavy (non-hydrogen) atoms. The first-order valence-corrected chi connectivity index (χ1v) is 4.17. The molecule has 1 fully saturated rings. The SMILES string of the molecule is NC(=O)CC1NCC2C=CC=C21. The summed E-state index contributed by atoms with van der Waals surface area (Å²) in [5.41, 5.74) is 6.44. The Morgan fingerprint density at radius 1 is 1.75 bits per heavy atom. The van der Waals surface area contributed by atoms with E-state index in [1.807, 2.05) is 0 Å². The van der Waals surface area contributed by atoms with Gasteiger partial charge in [-0.05, 0) is 5.57 Å². The first-order valence-electron chi connectivity index (χ1n) is 4.17. The van der Waals surface area contributed by atoms with Gasteiger partial charge in [0.1, 0.15) is 0 Å². The Balaban J connectivity index is 2.06. The topological polar surface area (TPSA) is 55.1 Å². The smallest absolute Gasteiger partial charge is 0.219 e. The van der Waals surface area contributed by atoms with E-state index in [-0.39, 0.29) is 11.9 Å². The number of fused-ring (bicyclic) bond motifs is 1. The van der Waals surface area contributed by atoms with Gasteiger partial charge in [0.15, 0.2) is 0 Å². The number of primary amides is 1. The molecule has 3 nitrogen and oxygen atoms in total. The van der Waals surface area contributed by atoms with Crippen LogP contribution in [0.1, 0.15) is 6.42 Å². The lowest BCUT2D eigenvalue weighted by Crippen LogP contribution is -2.28. The lowest BCUT2D eigenvalue weighted by molar-refractivity contribution is -0.118. The molecule has 0 aromatic rings. The monoisotopic (exact) mass is 164 g/mol. The maximum Gasteiger partial charge on any atom is 0.219 e. The fourth-order valence-electron chi connectivity index (χ4n) is 1.87.